The van der Waals surface area contributed by atoms with Crippen molar-refractivity contribution in [1.82, 2.24) is 0 Å². The second kappa shape index (κ2) is 18.5. The molecule has 0 N–H and O–H groups in total. The van der Waals surface area contributed by atoms with Crippen molar-refractivity contribution in [2.45, 2.75) is 98.2 Å². The molecule has 0 nitrogen and oxygen atoms in total. The third kappa shape index (κ3) is 8.79. The monoisotopic (exact) mass is 1140 g/mol. The normalized spacial score (nSPS) is 17.6. The molecule has 0 bridgehead atoms. The molecule has 6 aromatic rings. The van der Waals surface area contributed by atoms with E-state index in [-0.39, 0.29) is 34.4 Å². The Morgan fingerprint density at radius 3 is 1.28 bits per heavy atom. The summed E-state index contributed by atoms with van der Waals surface area (Å²) in [6.45, 7) is 7.47. The third-order valence-corrected chi connectivity index (χ3v) is 37.6. The van der Waals surface area contributed by atoms with E-state index in [2.05, 4.69) is 6.07 Å². The molecule has 0 saturated heterocycles. The Labute approximate surface area is 420 Å². The molecule has 16 heteroatoms. The first-order chi connectivity index (χ1) is 33.7. The van der Waals surface area contributed by atoms with Gasteiger partial charge in [-0.3, -0.25) is 0 Å². The summed E-state index contributed by atoms with van der Waals surface area (Å²) in [6, 6.07) is 24.1. The topological polar surface area (TPSA) is 0 Å². The second-order valence-electron chi connectivity index (χ2n) is 19.1. The molecule has 0 spiro atoms. The molecule has 72 heavy (non-hydrogen) atoms. The molecule has 3 aliphatic rings. The van der Waals surface area contributed by atoms with Crippen molar-refractivity contribution >= 4 is 52.3 Å². The van der Waals surface area contributed by atoms with Crippen LogP contribution in [0.3, 0.4) is 0 Å². The van der Waals surface area contributed by atoms with E-state index >= 15 is 0 Å². The van der Waals surface area contributed by atoms with E-state index in [0.29, 0.717) is 86.3 Å². The predicted molar refractivity (Wildman–Crippen MR) is 265 cm³/mol. The summed E-state index contributed by atoms with van der Waals surface area (Å²) in [4.78, 5) is 0. The minimum atomic E-state index is -6.50. The first-order valence-electron chi connectivity index (χ1n) is 23.8. The van der Waals surface area contributed by atoms with Gasteiger partial charge in [0.2, 0.25) is 0 Å². The maximum absolute atomic E-state index is 14.6. The quantitative estimate of drug-likeness (QED) is 0.0895. The second-order valence-corrected chi connectivity index (χ2v) is 41.6. The number of rotatable bonds is 11. The summed E-state index contributed by atoms with van der Waals surface area (Å²) in [5.41, 5.74) is 0.199. The van der Waals surface area contributed by atoms with Crippen LogP contribution in [0.25, 0.3) is 45.5 Å². The third-order valence-electron chi connectivity index (χ3n) is 14.8. The molecule has 0 aromatic heterocycles. The Bertz CT molecular complexity index is 3000. The van der Waals surface area contributed by atoms with E-state index < -0.39 is 80.1 Å². The van der Waals surface area contributed by atoms with Gasteiger partial charge in [-0.2, -0.15) is 0 Å². The Balaban J connectivity index is 1.39. The number of halogens is 14. The summed E-state index contributed by atoms with van der Waals surface area (Å²) in [5.74, 6) is 0. The zero-order chi connectivity index (χ0) is 52.1. The number of fused-ring (bicyclic) bond motifs is 5. The molecule has 9 rings (SSSR count). The zero-order valence-electron chi connectivity index (χ0n) is 39.4. The number of hydrogen-bond donors (Lipinski definition) is 0. The zero-order valence-corrected chi connectivity index (χ0v) is 44.7. The molecular weight excluding hydrogens is 1090 g/mol. The SMILES string of the molecule is CCCc1ccc2c(c1-c1cc(C(F)(F)F)cc(C(F)(F)F)c1)C=C(CC)[CH]2[Zr]([Cl])([Cl])([c]1cccc2c1[SiH2]c1ccccc1-2)[CH]1C(CC)=Cc2c1ccc(CCC)c2-c1cc(C(F)(F)F)cc(C(F)(F)F)c1. The fourth-order valence-corrected chi connectivity index (χ4v) is 40.2. The summed E-state index contributed by atoms with van der Waals surface area (Å²) in [7, 11) is 16.7. The van der Waals surface area contributed by atoms with Crippen molar-refractivity contribution in [3.05, 3.63) is 170 Å². The molecule has 0 fully saturated rings. The first-order valence-corrected chi connectivity index (χ1v) is 35.7. The van der Waals surface area contributed by atoms with Crippen molar-refractivity contribution in [2.24, 2.45) is 0 Å². The van der Waals surface area contributed by atoms with Crippen molar-refractivity contribution in [3.8, 4) is 33.4 Å². The Morgan fingerprint density at radius 2 is 0.889 bits per heavy atom. The number of benzene rings is 6. The first kappa shape index (κ1) is 52.5. The van der Waals surface area contributed by atoms with Gasteiger partial charge < -0.3 is 0 Å². The van der Waals surface area contributed by atoms with Crippen LogP contribution in [0.5, 0.6) is 0 Å². The number of allylic oxidation sites excluding steroid dienone is 2. The van der Waals surface area contributed by atoms with Crippen molar-refractivity contribution in [3.63, 3.8) is 0 Å². The summed E-state index contributed by atoms with van der Waals surface area (Å²) >= 11 is -6.50. The van der Waals surface area contributed by atoms with E-state index in [1.54, 1.807) is 12.1 Å². The van der Waals surface area contributed by atoms with Crippen molar-refractivity contribution in [1.29, 1.82) is 0 Å². The van der Waals surface area contributed by atoms with Gasteiger partial charge in [-0.15, -0.1) is 0 Å². The average Bonchev–Trinajstić information content (AvgIpc) is 4.02. The van der Waals surface area contributed by atoms with Gasteiger partial charge in [0, 0.05) is 0 Å². The van der Waals surface area contributed by atoms with Crippen LogP contribution in [-0.2, 0) is 53.9 Å². The Hall–Kier alpha value is -4.36. The average molecular weight is 1140 g/mol. The molecule has 2 atom stereocenters. The van der Waals surface area contributed by atoms with Gasteiger partial charge in [0.15, 0.2) is 0 Å². The van der Waals surface area contributed by atoms with Crippen LogP contribution in [0.4, 0.5) is 52.7 Å². The van der Waals surface area contributed by atoms with E-state index in [0.717, 1.165) is 45.8 Å². The van der Waals surface area contributed by atoms with Crippen LogP contribution in [0, 0.1) is 0 Å². The summed E-state index contributed by atoms with van der Waals surface area (Å²) in [5, 5.41) is 2.11. The van der Waals surface area contributed by atoms with Crippen LogP contribution >= 0.6 is 17.0 Å². The molecule has 2 unspecified atom stereocenters. The molecule has 1 heterocycles. The van der Waals surface area contributed by atoms with Gasteiger partial charge >= 0.3 is 423 Å². The molecule has 2 aliphatic carbocycles. The number of hydrogen-bond acceptors (Lipinski definition) is 0. The van der Waals surface area contributed by atoms with Crippen LogP contribution in [0.15, 0.2) is 114 Å². The summed E-state index contributed by atoms with van der Waals surface area (Å²) < 4.78 is 174. The molecule has 0 saturated carbocycles. The van der Waals surface area contributed by atoms with Crippen LogP contribution < -0.4 is 13.6 Å². The molecule has 377 valence electrons. The number of alkyl halides is 12. The molecule has 6 aromatic carbocycles. The minimum absolute atomic E-state index is 0.105. The predicted octanol–water partition coefficient (Wildman–Crippen LogP) is 16.8. The van der Waals surface area contributed by atoms with Crippen molar-refractivity contribution < 1.29 is 69.1 Å². The van der Waals surface area contributed by atoms with Gasteiger partial charge in [0.1, 0.15) is 0 Å². The van der Waals surface area contributed by atoms with Gasteiger partial charge in [-0.05, 0) is 0 Å². The molecule has 0 amide bonds. The Morgan fingerprint density at radius 1 is 0.486 bits per heavy atom. The van der Waals surface area contributed by atoms with Crippen LogP contribution in [-0.4, -0.2) is 9.52 Å². The standard InChI is InChI=1S/2C22H19F6.C12H9Si.2ClH.Zr/c2*1-3-5-14-6-7-15-8-13(4-2)9-19(15)20(14)16-10-17(21(23,24)25)12-18(11-16)22(26,27)28;1-3-7-11-9(5-1)10-6-2-4-8-12(10)13-11;;;/h2*6-12H,3-5H2,1-2H3;1-7H,13H2;2*1H;/q;;;;;+2/p-2. The maximum atomic E-state index is 14.6. The van der Waals surface area contributed by atoms with Gasteiger partial charge in [-0.1, -0.05) is 0 Å². The summed E-state index contributed by atoms with van der Waals surface area (Å²) in [6.07, 6.45) is -14.6. The molecule has 1 aliphatic heterocycles. The fraction of sp³-hybridized carbons (Fsp3) is 0.286. The van der Waals surface area contributed by atoms with Crippen molar-refractivity contribution in [2.75, 3.05) is 0 Å². The van der Waals surface area contributed by atoms with E-state index in [1.165, 1.54) is 0 Å². The molecule has 0 radical (unpaired) electrons. The van der Waals surface area contributed by atoms with E-state index in [1.807, 2.05) is 88.4 Å². The van der Waals surface area contributed by atoms with E-state index in [4.69, 9.17) is 17.0 Å². The van der Waals surface area contributed by atoms with Crippen LogP contribution in [0.1, 0.15) is 116 Å². The Kier molecular flexibility index (Phi) is 13.5. The number of aryl methyl sites for hydroxylation is 2. The van der Waals surface area contributed by atoms with E-state index in [9.17, 15) is 52.7 Å². The van der Waals surface area contributed by atoms with Crippen LogP contribution in [0.2, 0.25) is 0 Å². The van der Waals surface area contributed by atoms with Gasteiger partial charge in [0.05, 0.1) is 0 Å². The fourth-order valence-electron chi connectivity index (χ4n) is 11.9. The molecular formula is C56H47Cl2F12SiZr. The van der Waals surface area contributed by atoms with Gasteiger partial charge in [0.25, 0.3) is 0 Å². The van der Waals surface area contributed by atoms with Gasteiger partial charge in [-0.25, -0.2) is 0 Å².